The van der Waals surface area contributed by atoms with E-state index in [4.69, 9.17) is 25.8 Å². The number of aromatic amines is 1. The van der Waals surface area contributed by atoms with Crippen LogP contribution in [0.2, 0.25) is 5.02 Å². The van der Waals surface area contributed by atoms with Gasteiger partial charge in [-0.3, -0.25) is 4.57 Å². The van der Waals surface area contributed by atoms with Crippen LogP contribution in [0, 0.1) is 6.92 Å². The Bertz CT molecular complexity index is 912. The van der Waals surface area contributed by atoms with E-state index in [1.54, 1.807) is 6.20 Å². The van der Waals surface area contributed by atoms with Crippen LogP contribution in [0.4, 0.5) is 0 Å². The number of halogens is 1. The Morgan fingerprint density at radius 3 is 2.77 bits per heavy atom. The third-order valence-electron chi connectivity index (χ3n) is 3.41. The van der Waals surface area contributed by atoms with E-state index in [0.29, 0.717) is 23.0 Å². The van der Waals surface area contributed by atoms with Crippen LogP contribution < -0.4 is 10.1 Å². The van der Waals surface area contributed by atoms with Crippen molar-refractivity contribution in [1.82, 2.24) is 9.97 Å². The molecule has 0 fully saturated rings. The van der Waals surface area contributed by atoms with E-state index in [9.17, 15) is 4.57 Å². The predicted octanol–water partition coefficient (Wildman–Crippen LogP) is 1.90. The number of aryl methyl sites for hydroxylation is 2. The second-order valence-corrected chi connectivity index (χ2v) is 6.79. The second kappa shape index (κ2) is 5.21. The third-order valence-corrected chi connectivity index (χ3v) is 4.61. The lowest BCUT2D eigenvalue weighted by atomic mass is 10.2. The Kier molecular flexibility index (Phi) is 3.61. The second-order valence-electron chi connectivity index (χ2n) is 4.85. The molecule has 3 N–H and O–H groups in total. The van der Waals surface area contributed by atoms with Gasteiger partial charge in [0, 0.05) is 5.56 Å². The monoisotopic (exact) mass is 342 g/mol. The summed E-state index contributed by atoms with van der Waals surface area (Å²) in [6.45, 7) is 4.53. The molecule has 0 saturated heterocycles. The minimum Gasteiger partial charge on any atom is -0.442 e. The predicted molar refractivity (Wildman–Crippen MR) is 81.1 cm³/mol. The van der Waals surface area contributed by atoms with E-state index in [2.05, 4.69) is 9.97 Å². The van der Waals surface area contributed by atoms with Crippen molar-refractivity contribution >= 4 is 35.9 Å². The molecule has 7 nitrogen and oxygen atoms in total. The molecule has 3 aromatic heterocycles. The summed E-state index contributed by atoms with van der Waals surface area (Å²) in [4.78, 5) is 25.8. The van der Waals surface area contributed by atoms with Gasteiger partial charge in [0.2, 0.25) is 5.50 Å². The summed E-state index contributed by atoms with van der Waals surface area (Å²) in [6, 6.07) is 2.72. The van der Waals surface area contributed by atoms with Gasteiger partial charge in [-0.1, -0.05) is 11.6 Å². The van der Waals surface area contributed by atoms with Gasteiger partial charge in [-0.2, -0.15) is 0 Å². The third kappa shape index (κ3) is 2.46. The molecule has 0 bridgehead atoms. The van der Waals surface area contributed by atoms with Crippen LogP contribution >= 0.6 is 19.2 Å². The zero-order chi connectivity index (χ0) is 16.1. The highest BCUT2D eigenvalue weighted by molar-refractivity contribution is 7.59. The molecule has 0 aliphatic heterocycles. The van der Waals surface area contributed by atoms with Gasteiger partial charge in [0.05, 0.1) is 11.6 Å². The average Bonchev–Trinajstić information content (AvgIpc) is 3.08. The average molecular weight is 343 g/mol. The number of fused-ring (bicyclic) bond motifs is 1. The van der Waals surface area contributed by atoms with Crippen molar-refractivity contribution in [3.05, 3.63) is 28.9 Å². The van der Waals surface area contributed by atoms with Crippen molar-refractivity contribution < 1.29 is 23.3 Å². The highest BCUT2D eigenvalue weighted by atomic mass is 35.5. The van der Waals surface area contributed by atoms with E-state index in [1.165, 1.54) is 12.1 Å². The Morgan fingerprint density at radius 1 is 1.45 bits per heavy atom. The van der Waals surface area contributed by atoms with Crippen molar-refractivity contribution in [2.24, 2.45) is 0 Å². The SMILES string of the molecule is CC[n+]1cc(Cl)c(C)c2[nH]c(-c3ccc(P(=O)(O)O)o3)nc21. The summed E-state index contributed by atoms with van der Waals surface area (Å²) < 4.78 is 18.3. The molecular weight excluding hydrogens is 329 g/mol. The molecule has 0 saturated carbocycles. The number of imidazole rings is 1. The van der Waals surface area contributed by atoms with Crippen LogP contribution in [0.25, 0.3) is 22.7 Å². The number of nitrogens with one attached hydrogen (secondary N) is 1. The summed E-state index contributed by atoms with van der Waals surface area (Å²) in [5.41, 5.74) is 1.93. The smallest absolute Gasteiger partial charge is 0.391 e. The van der Waals surface area contributed by atoms with Crippen LogP contribution in [-0.4, -0.2) is 19.8 Å². The zero-order valence-electron chi connectivity index (χ0n) is 11.9. The van der Waals surface area contributed by atoms with Gasteiger partial charge >= 0.3 is 13.2 Å². The first-order chi connectivity index (χ1) is 10.3. The zero-order valence-corrected chi connectivity index (χ0v) is 13.5. The summed E-state index contributed by atoms with van der Waals surface area (Å²) >= 11 is 6.20. The lowest BCUT2D eigenvalue weighted by Gasteiger charge is -2.00. The maximum Gasteiger partial charge on any atom is 0.391 e. The Labute approximate surface area is 130 Å². The number of furan rings is 1. The molecule has 0 spiro atoms. The van der Waals surface area contributed by atoms with Crippen molar-refractivity contribution in [2.45, 2.75) is 20.4 Å². The van der Waals surface area contributed by atoms with Gasteiger partial charge in [-0.25, -0.2) is 4.57 Å². The fourth-order valence-electron chi connectivity index (χ4n) is 2.22. The largest absolute Gasteiger partial charge is 0.442 e. The number of pyridine rings is 1. The highest BCUT2D eigenvalue weighted by Crippen LogP contribution is 2.35. The number of rotatable bonds is 3. The molecule has 0 aromatic carbocycles. The molecule has 22 heavy (non-hydrogen) atoms. The first-order valence-corrected chi connectivity index (χ1v) is 8.55. The number of nitrogens with zero attached hydrogens (tertiary/aromatic N) is 2. The Morgan fingerprint density at radius 2 is 2.18 bits per heavy atom. The number of hydrogen-bond donors (Lipinski definition) is 3. The van der Waals surface area contributed by atoms with Crippen LogP contribution in [-0.2, 0) is 11.1 Å². The minimum absolute atomic E-state index is 0.257. The molecule has 0 radical (unpaired) electrons. The summed E-state index contributed by atoms with van der Waals surface area (Å²) in [5, 5.41) is 0.611. The quantitative estimate of drug-likeness (QED) is 0.498. The van der Waals surface area contributed by atoms with Gasteiger partial charge in [-0.05, 0) is 31.0 Å². The van der Waals surface area contributed by atoms with Gasteiger partial charge < -0.3 is 19.2 Å². The maximum atomic E-state index is 11.2. The van der Waals surface area contributed by atoms with Crippen LogP contribution in [0.1, 0.15) is 12.5 Å². The normalized spacial score (nSPS) is 12.2. The van der Waals surface area contributed by atoms with Gasteiger partial charge in [0.15, 0.2) is 5.76 Å². The molecular formula is C13H14ClN3O4P+. The lowest BCUT2D eigenvalue weighted by Crippen LogP contribution is -2.33. The van der Waals surface area contributed by atoms with Crippen LogP contribution in [0.3, 0.4) is 0 Å². The molecule has 0 aliphatic carbocycles. The number of aromatic nitrogens is 3. The van der Waals surface area contributed by atoms with E-state index < -0.39 is 7.60 Å². The number of H-pyrrole nitrogens is 1. The molecule has 0 amide bonds. The first-order valence-electron chi connectivity index (χ1n) is 6.56. The van der Waals surface area contributed by atoms with Gasteiger partial charge in [0.25, 0.3) is 5.82 Å². The molecule has 3 rings (SSSR count). The molecule has 9 heteroatoms. The first kappa shape index (κ1) is 15.2. The highest BCUT2D eigenvalue weighted by Gasteiger charge is 2.26. The van der Waals surface area contributed by atoms with Crippen molar-refractivity contribution in [3.8, 4) is 11.6 Å². The standard InChI is InChI=1S/C13H13ClN3O4P/c1-3-17-6-8(14)7(2)11-13(17)16-12(15-11)9-4-5-10(21-9)22(18,19)20/h4-6H,3H2,1-2H3,(H2,18,19,20)/p+1. The lowest BCUT2D eigenvalue weighted by molar-refractivity contribution is -0.669. The molecule has 0 atom stereocenters. The topological polar surface area (TPSA) is 103 Å². The maximum absolute atomic E-state index is 11.2. The van der Waals surface area contributed by atoms with E-state index in [-0.39, 0.29) is 11.3 Å². The fraction of sp³-hybridized carbons (Fsp3) is 0.231. The fourth-order valence-corrected chi connectivity index (χ4v) is 2.92. The summed E-state index contributed by atoms with van der Waals surface area (Å²) in [6.07, 6.45) is 1.80. The van der Waals surface area contributed by atoms with Gasteiger partial charge in [0.1, 0.15) is 11.7 Å². The van der Waals surface area contributed by atoms with Gasteiger partial charge in [-0.15, -0.1) is 0 Å². The van der Waals surface area contributed by atoms with Crippen molar-refractivity contribution in [1.29, 1.82) is 0 Å². The van der Waals surface area contributed by atoms with E-state index in [1.807, 2.05) is 18.4 Å². The molecule has 0 aliphatic rings. The molecule has 0 unspecified atom stereocenters. The minimum atomic E-state index is -4.42. The Balaban J connectivity index is 2.19. The summed E-state index contributed by atoms with van der Waals surface area (Å²) in [7, 11) is -4.42. The van der Waals surface area contributed by atoms with Crippen molar-refractivity contribution in [3.63, 3.8) is 0 Å². The Hall–Kier alpha value is -1.66. The summed E-state index contributed by atoms with van der Waals surface area (Å²) in [5.74, 6) is 0.648. The number of hydrogen-bond acceptors (Lipinski definition) is 3. The van der Waals surface area contributed by atoms with Crippen molar-refractivity contribution in [2.75, 3.05) is 0 Å². The molecule has 116 valence electrons. The molecule has 3 aromatic rings. The molecule has 3 heterocycles. The van der Waals surface area contributed by atoms with Crippen LogP contribution in [0.15, 0.2) is 22.7 Å². The van der Waals surface area contributed by atoms with E-state index in [0.717, 1.165) is 11.1 Å². The van der Waals surface area contributed by atoms with E-state index >= 15 is 0 Å². The van der Waals surface area contributed by atoms with Crippen LogP contribution in [0.5, 0.6) is 0 Å².